The molecule has 1 aliphatic carbocycles. The van der Waals surface area contributed by atoms with Crippen LogP contribution in [0.15, 0.2) is 18.3 Å². The molecule has 0 bridgehead atoms. The van der Waals surface area contributed by atoms with Gasteiger partial charge in [-0.05, 0) is 18.8 Å². The zero-order valence-corrected chi connectivity index (χ0v) is 12.1. The molecule has 2 N–H and O–H groups in total. The van der Waals surface area contributed by atoms with Crippen LogP contribution >= 0.6 is 11.3 Å². The molecule has 4 nitrogen and oxygen atoms in total. The predicted molar refractivity (Wildman–Crippen MR) is 77.7 cm³/mol. The molecule has 22 heavy (non-hydrogen) atoms. The number of aromatic nitrogens is 1. The van der Waals surface area contributed by atoms with Gasteiger partial charge in [0.25, 0.3) is 0 Å². The number of hydrogen-bond donors (Lipinski definition) is 2. The molecule has 116 valence electrons. The van der Waals surface area contributed by atoms with E-state index in [2.05, 4.69) is 10.3 Å². The third-order valence-electron chi connectivity index (χ3n) is 3.50. The summed E-state index contributed by atoms with van der Waals surface area (Å²) in [6.07, 6.45) is 5.11. The van der Waals surface area contributed by atoms with Gasteiger partial charge in [-0.25, -0.2) is 22.9 Å². The molecule has 0 spiro atoms. The summed E-state index contributed by atoms with van der Waals surface area (Å²) >= 11 is 1.34. The van der Waals surface area contributed by atoms with Crippen LogP contribution < -0.4 is 10.6 Å². The Hall–Kier alpha value is -2.09. The summed E-state index contributed by atoms with van der Waals surface area (Å²) in [4.78, 5) is 16.9. The molecule has 0 radical (unpaired) electrons. The van der Waals surface area contributed by atoms with Crippen molar-refractivity contribution in [3.63, 3.8) is 0 Å². The lowest BCUT2D eigenvalue weighted by Gasteiger charge is -2.23. The van der Waals surface area contributed by atoms with E-state index < -0.39 is 29.2 Å². The second-order valence-electron chi connectivity index (χ2n) is 5.02. The molecular weight excluding hydrogens is 315 g/mol. The van der Waals surface area contributed by atoms with Gasteiger partial charge in [0.05, 0.1) is 0 Å². The maximum atomic E-state index is 13.4. The molecule has 1 aromatic heterocycles. The smallest absolute Gasteiger partial charge is 0.302 e. The standard InChI is InChI=1S/C14H12F3N3OS/c15-8-4-9(16)12(10(17)5-8)19-13(21)20-14-18-6-11(22-14)7-2-1-3-7/h4-7H,1-3H2,(H2,18,19,20,21). The Labute approximate surface area is 128 Å². The number of carbonyl (C=O) groups is 1. The first-order valence-electron chi connectivity index (χ1n) is 6.71. The molecule has 1 fully saturated rings. The Bertz CT molecular complexity index is 692. The van der Waals surface area contributed by atoms with E-state index >= 15 is 0 Å². The first-order chi connectivity index (χ1) is 10.5. The second-order valence-corrected chi connectivity index (χ2v) is 6.08. The zero-order chi connectivity index (χ0) is 15.7. The van der Waals surface area contributed by atoms with Gasteiger partial charge in [0, 0.05) is 23.2 Å². The van der Waals surface area contributed by atoms with Gasteiger partial charge < -0.3 is 5.32 Å². The quantitative estimate of drug-likeness (QED) is 0.874. The van der Waals surface area contributed by atoms with Gasteiger partial charge in [0.1, 0.15) is 11.5 Å². The van der Waals surface area contributed by atoms with Gasteiger partial charge in [-0.2, -0.15) is 0 Å². The number of nitrogens with one attached hydrogen (secondary N) is 2. The average Bonchev–Trinajstić information content (AvgIpc) is 2.79. The number of carbonyl (C=O) groups excluding carboxylic acids is 1. The average molecular weight is 327 g/mol. The second kappa shape index (κ2) is 5.96. The molecule has 2 amide bonds. The number of amides is 2. The minimum Gasteiger partial charge on any atom is -0.302 e. The van der Waals surface area contributed by atoms with Crippen molar-refractivity contribution >= 4 is 28.2 Å². The van der Waals surface area contributed by atoms with Crippen molar-refractivity contribution < 1.29 is 18.0 Å². The van der Waals surface area contributed by atoms with Crippen molar-refractivity contribution in [3.8, 4) is 0 Å². The summed E-state index contributed by atoms with van der Waals surface area (Å²) in [5, 5.41) is 4.78. The van der Waals surface area contributed by atoms with E-state index in [-0.39, 0.29) is 0 Å². The first kappa shape index (κ1) is 14.8. The van der Waals surface area contributed by atoms with E-state index in [9.17, 15) is 18.0 Å². The summed E-state index contributed by atoms with van der Waals surface area (Å²) in [5.74, 6) is -2.92. The maximum absolute atomic E-state index is 13.4. The topological polar surface area (TPSA) is 54.0 Å². The number of hydrogen-bond acceptors (Lipinski definition) is 3. The third-order valence-corrected chi connectivity index (χ3v) is 4.57. The molecule has 3 rings (SSSR count). The van der Waals surface area contributed by atoms with Crippen LogP contribution in [0.2, 0.25) is 0 Å². The number of benzene rings is 1. The molecular formula is C14H12F3N3OS. The summed E-state index contributed by atoms with van der Waals surface area (Å²) in [6.45, 7) is 0. The molecule has 1 saturated carbocycles. The van der Waals surface area contributed by atoms with Gasteiger partial charge >= 0.3 is 6.03 Å². The fourth-order valence-corrected chi connectivity index (χ4v) is 3.11. The number of halogens is 3. The lowest BCUT2D eigenvalue weighted by Crippen LogP contribution is -2.21. The Morgan fingerprint density at radius 3 is 2.45 bits per heavy atom. The first-order valence-corrected chi connectivity index (χ1v) is 7.53. The summed E-state index contributed by atoms with van der Waals surface area (Å²) in [5.41, 5.74) is -0.699. The number of thiazole rings is 1. The van der Waals surface area contributed by atoms with Crippen molar-refractivity contribution in [1.29, 1.82) is 0 Å². The molecule has 1 aliphatic rings. The molecule has 2 aromatic rings. The van der Waals surface area contributed by atoms with Crippen LogP contribution in [-0.2, 0) is 0 Å². The minimum atomic E-state index is -1.18. The van der Waals surface area contributed by atoms with E-state index in [4.69, 9.17) is 0 Å². The Balaban J connectivity index is 1.66. The maximum Gasteiger partial charge on any atom is 0.325 e. The molecule has 0 saturated heterocycles. The molecule has 1 aromatic carbocycles. The summed E-state index contributed by atoms with van der Waals surface area (Å²) in [7, 11) is 0. The normalized spacial score (nSPS) is 14.5. The minimum absolute atomic E-state index is 0.349. The Morgan fingerprint density at radius 1 is 1.18 bits per heavy atom. The third kappa shape index (κ3) is 3.06. The molecule has 0 aliphatic heterocycles. The fourth-order valence-electron chi connectivity index (χ4n) is 2.13. The molecule has 1 heterocycles. The Kier molecular flexibility index (Phi) is 4.02. The number of urea groups is 1. The van der Waals surface area contributed by atoms with Crippen molar-refractivity contribution in [2.75, 3.05) is 10.6 Å². The number of nitrogens with zero attached hydrogens (tertiary/aromatic N) is 1. The lowest BCUT2D eigenvalue weighted by molar-refractivity contribution is 0.262. The highest BCUT2D eigenvalue weighted by Gasteiger charge is 2.22. The SMILES string of the molecule is O=C(Nc1ncc(C2CCC2)s1)Nc1c(F)cc(F)cc1F. The van der Waals surface area contributed by atoms with Crippen molar-refractivity contribution in [1.82, 2.24) is 4.98 Å². The highest BCUT2D eigenvalue weighted by atomic mass is 32.1. The van der Waals surface area contributed by atoms with E-state index in [1.165, 1.54) is 17.8 Å². The van der Waals surface area contributed by atoms with Gasteiger partial charge in [0.2, 0.25) is 0 Å². The monoisotopic (exact) mass is 327 g/mol. The van der Waals surface area contributed by atoms with Crippen LogP contribution in [0.25, 0.3) is 0 Å². The Morgan fingerprint density at radius 2 is 1.86 bits per heavy atom. The van der Waals surface area contributed by atoms with Gasteiger partial charge in [0.15, 0.2) is 16.8 Å². The predicted octanol–water partition coefficient (Wildman–Crippen LogP) is 4.47. The van der Waals surface area contributed by atoms with Gasteiger partial charge in [-0.15, -0.1) is 11.3 Å². The molecule has 0 atom stereocenters. The van der Waals surface area contributed by atoms with Crippen molar-refractivity contribution in [2.45, 2.75) is 25.2 Å². The van der Waals surface area contributed by atoms with E-state index in [1.807, 2.05) is 5.32 Å². The van der Waals surface area contributed by atoms with Crippen molar-refractivity contribution in [3.05, 3.63) is 40.7 Å². The van der Waals surface area contributed by atoms with Crippen LogP contribution in [0.5, 0.6) is 0 Å². The molecule has 8 heteroatoms. The zero-order valence-electron chi connectivity index (χ0n) is 11.3. The van der Waals surface area contributed by atoms with Gasteiger partial charge in [-0.1, -0.05) is 6.42 Å². The largest absolute Gasteiger partial charge is 0.325 e. The van der Waals surface area contributed by atoms with Gasteiger partial charge in [-0.3, -0.25) is 5.32 Å². The van der Waals surface area contributed by atoms with Crippen LogP contribution in [0.4, 0.5) is 28.8 Å². The van der Waals surface area contributed by atoms with Crippen molar-refractivity contribution in [2.24, 2.45) is 0 Å². The number of rotatable bonds is 3. The van der Waals surface area contributed by atoms with E-state index in [0.29, 0.717) is 23.2 Å². The summed E-state index contributed by atoms with van der Waals surface area (Å²) < 4.78 is 39.7. The van der Waals surface area contributed by atoms with Crippen LogP contribution in [0.3, 0.4) is 0 Å². The number of anilines is 2. The van der Waals surface area contributed by atoms with E-state index in [1.54, 1.807) is 6.20 Å². The lowest BCUT2D eigenvalue weighted by atomic mass is 9.85. The summed E-state index contributed by atoms with van der Waals surface area (Å²) in [6, 6.07) is 0.159. The van der Waals surface area contributed by atoms with Crippen LogP contribution in [-0.4, -0.2) is 11.0 Å². The highest BCUT2D eigenvalue weighted by molar-refractivity contribution is 7.15. The van der Waals surface area contributed by atoms with Crippen LogP contribution in [0.1, 0.15) is 30.1 Å². The highest BCUT2D eigenvalue weighted by Crippen LogP contribution is 2.39. The van der Waals surface area contributed by atoms with Crippen LogP contribution in [0, 0.1) is 17.5 Å². The molecule has 0 unspecified atom stereocenters. The fraction of sp³-hybridized carbons (Fsp3) is 0.286. The van der Waals surface area contributed by atoms with E-state index in [0.717, 1.165) is 17.7 Å².